The molecule has 380 valence electrons. The highest BCUT2D eigenvalue weighted by Gasteiger charge is 2.25. The van der Waals surface area contributed by atoms with E-state index in [9.17, 15) is 5.11 Å². The van der Waals surface area contributed by atoms with Crippen molar-refractivity contribution in [3.05, 3.63) is 103 Å². The van der Waals surface area contributed by atoms with E-state index >= 15 is 0 Å². The maximum atomic E-state index is 10.0. The van der Waals surface area contributed by atoms with Gasteiger partial charge in [-0.1, -0.05) is 30.7 Å². The number of aliphatic hydroxyl groups excluding tert-OH is 1. The summed E-state index contributed by atoms with van der Waals surface area (Å²) in [6.07, 6.45) is 16.2. The van der Waals surface area contributed by atoms with E-state index in [1.807, 2.05) is 60.1 Å². The van der Waals surface area contributed by atoms with E-state index in [2.05, 4.69) is 66.7 Å². The number of anilines is 4. The number of likely N-dealkylation sites (N-methyl/N-ethyl adjacent to an activating group) is 1. The lowest BCUT2D eigenvalue weighted by atomic mass is 10.1. The molecule has 1 atom stereocenters. The van der Waals surface area contributed by atoms with Gasteiger partial charge in [-0.3, -0.25) is 9.38 Å². The number of hydrogen-bond donors (Lipinski definition) is 4. The molecule has 0 amide bonds. The van der Waals surface area contributed by atoms with Crippen molar-refractivity contribution in [2.75, 3.05) is 95.5 Å². The van der Waals surface area contributed by atoms with Crippen molar-refractivity contribution in [1.29, 1.82) is 0 Å². The van der Waals surface area contributed by atoms with E-state index in [1.54, 1.807) is 44.0 Å². The molecule has 4 N–H and O–H groups in total. The summed E-state index contributed by atoms with van der Waals surface area (Å²) in [7, 11) is 5.94. The van der Waals surface area contributed by atoms with Gasteiger partial charge >= 0.3 is 0 Å². The summed E-state index contributed by atoms with van der Waals surface area (Å²) < 4.78 is 24.9. The van der Waals surface area contributed by atoms with Gasteiger partial charge in [0.15, 0.2) is 17.3 Å². The molecule has 20 heteroatoms. The monoisotopic (exact) mass is 1000 g/mol. The first kappa shape index (κ1) is 51.7. The number of aliphatic hydroxyl groups is 1. The van der Waals surface area contributed by atoms with Gasteiger partial charge in [0.25, 0.3) is 0 Å². The third-order valence-corrected chi connectivity index (χ3v) is 12.7. The normalized spacial score (nSPS) is 14.6. The van der Waals surface area contributed by atoms with Crippen LogP contribution in [-0.4, -0.2) is 148 Å². The molecule has 72 heavy (non-hydrogen) atoms. The van der Waals surface area contributed by atoms with Crippen LogP contribution in [0.3, 0.4) is 0 Å². The van der Waals surface area contributed by atoms with Crippen LogP contribution in [0.2, 0.25) is 5.02 Å². The molecule has 5 aromatic heterocycles. The second-order valence-corrected chi connectivity index (χ2v) is 18.1. The average molecular weight is 1000 g/mol. The van der Waals surface area contributed by atoms with Gasteiger partial charge in [-0.15, -0.1) is 0 Å². The van der Waals surface area contributed by atoms with Crippen LogP contribution in [0.4, 0.5) is 23.1 Å². The molecule has 2 fully saturated rings. The summed E-state index contributed by atoms with van der Waals surface area (Å²) in [6, 6.07) is 16.1. The number of benzene rings is 2. The minimum atomic E-state index is -0.642. The fraction of sp³-hybridized carbons (Fsp3) is 0.423. The van der Waals surface area contributed by atoms with Gasteiger partial charge in [0.1, 0.15) is 48.0 Å². The highest BCUT2D eigenvalue weighted by molar-refractivity contribution is 6.31. The van der Waals surface area contributed by atoms with E-state index in [0.29, 0.717) is 59.0 Å². The van der Waals surface area contributed by atoms with E-state index in [0.717, 1.165) is 123 Å². The Bertz CT molecular complexity index is 2810. The molecule has 0 aliphatic carbocycles. The summed E-state index contributed by atoms with van der Waals surface area (Å²) in [4.78, 5) is 41.1. The first-order valence-electron chi connectivity index (χ1n) is 24.6. The van der Waals surface area contributed by atoms with Gasteiger partial charge in [0, 0.05) is 99.3 Å². The molecule has 0 spiro atoms. The van der Waals surface area contributed by atoms with Crippen LogP contribution >= 0.6 is 11.6 Å². The van der Waals surface area contributed by atoms with Crippen molar-refractivity contribution < 1.29 is 24.1 Å². The Balaban J connectivity index is 0.000000193. The van der Waals surface area contributed by atoms with E-state index in [-0.39, 0.29) is 6.61 Å². The molecule has 2 aliphatic rings. The molecule has 7 heterocycles. The second-order valence-electron chi connectivity index (χ2n) is 17.7. The Labute approximate surface area is 425 Å². The van der Waals surface area contributed by atoms with Gasteiger partial charge in [-0.2, -0.15) is 0 Å². The zero-order valence-electron chi connectivity index (χ0n) is 41.7. The Morgan fingerprint density at radius 3 is 2.32 bits per heavy atom. The van der Waals surface area contributed by atoms with Gasteiger partial charge in [-0.05, 0) is 89.5 Å². The maximum absolute atomic E-state index is 10.0. The third kappa shape index (κ3) is 13.7. The first-order chi connectivity index (χ1) is 35.2. The lowest BCUT2D eigenvalue weighted by Crippen LogP contribution is -2.37. The molecule has 19 nitrogen and oxygen atoms in total. The van der Waals surface area contributed by atoms with Crippen LogP contribution in [0.15, 0.2) is 92.0 Å². The molecule has 9 rings (SSSR count). The Morgan fingerprint density at radius 2 is 1.57 bits per heavy atom. The number of nitrogens with one attached hydrogen (secondary N) is 3. The standard InChI is InChI=1S/C27H33N7O2.C25H32ClN7O3/c1-3-28-10-5-13-36-22-7-4-6-20(16-22)27-31-23(24-18-30-26-19-29-11-12-34(24)26)17-25(32-27)33(2)21-8-14-35-15-9-21;1-16-23(30-19-11-28-15-29-12-19)31-24(32-25(16)33(3)20-4-6-35-7-5-20)17-8-18(26)10-22(9-17)36-14-21(34)13-27-2/h4,6-7,11-12,16-19,21,28H,3,5,8-10,13-15H2,1-2H3;8-12,15,20-21,27,34H,4-7,13-14H2,1-3H3,(H,30,31,32). The van der Waals surface area contributed by atoms with Crippen LogP contribution in [0.5, 0.6) is 11.5 Å². The molecule has 0 saturated carbocycles. The van der Waals surface area contributed by atoms with Crippen molar-refractivity contribution in [1.82, 2.24) is 54.9 Å². The van der Waals surface area contributed by atoms with E-state index < -0.39 is 6.10 Å². The predicted octanol–water partition coefficient (Wildman–Crippen LogP) is 7.06. The second kappa shape index (κ2) is 25.7. The number of imidazole rings is 1. The summed E-state index contributed by atoms with van der Waals surface area (Å²) in [6.45, 7) is 10.2. The molecule has 2 aliphatic heterocycles. The number of halogens is 1. The topological polar surface area (TPSA) is 207 Å². The van der Waals surface area contributed by atoms with Crippen molar-refractivity contribution in [3.8, 4) is 45.7 Å². The average Bonchev–Trinajstić information content (AvgIpc) is 3.86. The van der Waals surface area contributed by atoms with Crippen molar-refractivity contribution in [3.63, 3.8) is 0 Å². The van der Waals surface area contributed by atoms with Crippen LogP contribution < -0.4 is 35.2 Å². The smallest absolute Gasteiger partial charge is 0.164 e. The Kier molecular flexibility index (Phi) is 18.4. The van der Waals surface area contributed by atoms with E-state index in [1.165, 1.54) is 6.33 Å². The summed E-state index contributed by atoms with van der Waals surface area (Å²) >= 11 is 6.43. The quantitative estimate of drug-likeness (QED) is 0.0564. The fourth-order valence-electron chi connectivity index (χ4n) is 8.56. The highest BCUT2D eigenvalue weighted by atomic mass is 35.5. The predicted molar refractivity (Wildman–Crippen MR) is 281 cm³/mol. The summed E-state index contributed by atoms with van der Waals surface area (Å²) in [5.41, 5.74) is 5.73. The van der Waals surface area contributed by atoms with E-state index in [4.69, 9.17) is 50.5 Å². The van der Waals surface area contributed by atoms with Crippen LogP contribution in [-0.2, 0) is 9.47 Å². The van der Waals surface area contributed by atoms with Gasteiger partial charge in [0.05, 0.1) is 48.5 Å². The van der Waals surface area contributed by atoms with Gasteiger partial charge in [-0.25, -0.2) is 34.9 Å². The van der Waals surface area contributed by atoms with Crippen molar-refractivity contribution >= 4 is 40.4 Å². The van der Waals surface area contributed by atoms with Gasteiger partial charge in [0.2, 0.25) is 0 Å². The van der Waals surface area contributed by atoms with Crippen LogP contribution in [0.1, 0.15) is 44.6 Å². The molecule has 7 aromatic rings. The summed E-state index contributed by atoms with van der Waals surface area (Å²) in [5, 5.41) is 20.1. The molecule has 2 aromatic carbocycles. The largest absolute Gasteiger partial charge is 0.494 e. The number of ether oxygens (including phenoxy) is 4. The van der Waals surface area contributed by atoms with Crippen molar-refractivity contribution in [2.45, 2.75) is 64.1 Å². The number of rotatable bonds is 20. The molecule has 0 bridgehead atoms. The third-order valence-electron chi connectivity index (χ3n) is 12.5. The first-order valence-corrected chi connectivity index (χ1v) is 24.9. The van der Waals surface area contributed by atoms with Crippen LogP contribution in [0.25, 0.3) is 39.8 Å². The Hall–Kier alpha value is -6.61. The minimum absolute atomic E-state index is 0.133. The zero-order valence-corrected chi connectivity index (χ0v) is 42.4. The SMILES string of the molecule is CCNCCCOc1cccc(-c2nc(-c3cnc4cnccn34)cc(N(C)C3CCOCC3)n2)c1.CNCC(O)COc1cc(Cl)cc(-c2nc(Nc3cncnc3)c(C)c(N(C)C3CCOCC3)n2)c1. The number of aromatic nitrogens is 9. The minimum Gasteiger partial charge on any atom is -0.494 e. The lowest BCUT2D eigenvalue weighted by molar-refractivity contribution is 0.0852. The summed E-state index contributed by atoms with van der Waals surface area (Å²) in [5.74, 6) is 4.84. The number of nitrogens with zero attached hydrogens (tertiary/aromatic N) is 11. The number of fused-ring (bicyclic) bond motifs is 1. The van der Waals surface area contributed by atoms with Gasteiger partial charge < -0.3 is 49.8 Å². The lowest BCUT2D eigenvalue weighted by Gasteiger charge is -2.33. The highest BCUT2D eigenvalue weighted by Crippen LogP contribution is 2.34. The molecule has 1 unspecified atom stereocenters. The Morgan fingerprint density at radius 1 is 0.833 bits per heavy atom. The molecule has 2 saturated heterocycles. The zero-order chi connectivity index (χ0) is 50.2. The number of hydrogen-bond acceptors (Lipinski definition) is 18. The molecular weight excluding hydrogens is 936 g/mol. The molecular formula is C52H65ClN14O5. The van der Waals surface area contributed by atoms with Crippen molar-refractivity contribution in [2.24, 2.45) is 0 Å². The molecule has 0 radical (unpaired) electrons. The maximum Gasteiger partial charge on any atom is 0.164 e. The fourth-order valence-corrected chi connectivity index (χ4v) is 8.79. The van der Waals surface area contributed by atoms with Crippen LogP contribution in [0, 0.1) is 6.92 Å².